The lowest BCUT2D eigenvalue weighted by Gasteiger charge is -2.14. The highest BCUT2D eigenvalue weighted by atomic mass is 16.5. The Morgan fingerprint density at radius 3 is 2.50 bits per heavy atom. The first-order valence-corrected chi connectivity index (χ1v) is 6.75. The number of carbonyl (C=O) groups is 2. The number of benzene rings is 1. The Bertz CT molecular complexity index is 617. The fourth-order valence-electron chi connectivity index (χ4n) is 1.84. The van der Waals surface area contributed by atoms with E-state index >= 15 is 0 Å². The number of aromatic nitrogens is 1. The number of hydrogen-bond acceptors (Lipinski definition) is 4. The van der Waals surface area contributed by atoms with Crippen LogP contribution in [0.1, 0.15) is 11.3 Å². The average Bonchev–Trinajstić information content (AvgIpc) is 2.54. The first-order chi connectivity index (χ1) is 10.6. The van der Waals surface area contributed by atoms with E-state index < -0.39 is 18.1 Å². The molecule has 0 unspecified atom stereocenters. The standard InChI is InChI=1S/C16H16N2O4/c19-15(20)14(10-13-8-4-5-9-17-13)18-16(21)22-11-12-6-2-1-3-7-12/h1-9,14H,10-11H2,(H,18,21)(H,19,20)/t14-/m1/s1. The SMILES string of the molecule is O=C(N[C@H](Cc1ccccn1)C(=O)O)OCc1ccccc1. The van der Waals surface area contributed by atoms with Crippen LogP contribution in [-0.4, -0.2) is 28.2 Å². The summed E-state index contributed by atoms with van der Waals surface area (Å²) in [6.45, 7) is 0.0859. The summed E-state index contributed by atoms with van der Waals surface area (Å²) in [5.74, 6) is -1.14. The van der Waals surface area contributed by atoms with E-state index in [0.717, 1.165) is 5.56 Å². The van der Waals surface area contributed by atoms with Crippen LogP contribution in [0.5, 0.6) is 0 Å². The van der Waals surface area contributed by atoms with Crippen LogP contribution in [0.2, 0.25) is 0 Å². The minimum atomic E-state index is -1.14. The van der Waals surface area contributed by atoms with Crippen LogP contribution in [0.15, 0.2) is 54.7 Å². The predicted octanol–water partition coefficient (Wildman–Crippen LogP) is 2.00. The molecule has 0 spiro atoms. The van der Waals surface area contributed by atoms with Gasteiger partial charge in [0.1, 0.15) is 12.6 Å². The largest absolute Gasteiger partial charge is 0.480 e. The Hall–Kier alpha value is -2.89. The van der Waals surface area contributed by atoms with E-state index in [0.29, 0.717) is 5.69 Å². The molecule has 114 valence electrons. The first-order valence-electron chi connectivity index (χ1n) is 6.75. The monoisotopic (exact) mass is 300 g/mol. The number of carboxylic acid groups (broad SMARTS) is 1. The summed E-state index contributed by atoms with van der Waals surface area (Å²) in [5.41, 5.74) is 1.41. The number of aliphatic carboxylic acids is 1. The van der Waals surface area contributed by atoms with E-state index in [2.05, 4.69) is 10.3 Å². The van der Waals surface area contributed by atoms with Gasteiger partial charge in [0, 0.05) is 18.3 Å². The van der Waals surface area contributed by atoms with Gasteiger partial charge in [-0.1, -0.05) is 36.4 Å². The molecule has 0 aliphatic heterocycles. The van der Waals surface area contributed by atoms with Gasteiger partial charge in [0.15, 0.2) is 0 Å². The maximum absolute atomic E-state index is 11.7. The zero-order valence-electron chi connectivity index (χ0n) is 11.8. The molecule has 1 heterocycles. The minimum absolute atomic E-state index is 0.0859. The molecule has 6 heteroatoms. The second-order valence-corrected chi connectivity index (χ2v) is 4.62. The van der Waals surface area contributed by atoms with E-state index in [9.17, 15) is 14.7 Å². The van der Waals surface area contributed by atoms with Crippen LogP contribution < -0.4 is 5.32 Å². The molecule has 0 radical (unpaired) electrons. The van der Waals surface area contributed by atoms with Crippen LogP contribution in [0.3, 0.4) is 0 Å². The van der Waals surface area contributed by atoms with Gasteiger partial charge in [-0.15, -0.1) is 0 Å². The Labute approximate surface area is 127 Å². The number of nitrogens with one attached hydrogen (secondary N) is 1. The minimum Gasteiger partial charge on any atom is -0.480 e. The van der Waals surface area contributed by atoms with Gasteiger partial charge in [0.2, 0.25) is 0 Å². The van der Waals surface area contributed by atoms with E-state index in [4.69, 9.17) is 4.74 Å². The molecule has 2 rings (SSSR count). The van der Waals surface area contributed by atoms with Crippen molar-refractivity contribution in [1.29, 1.82) is 0 Å². The lowest BCUT2D eigenvalue weighted by Crippen LogP contribution is -2.42. The first kappa shape index (κ1) is 15.5. The fourth-order valence-corrected chi connectivity index (χ4v) is 1.84. The predicted molar refractivity (Wildman–Crippen MR) is 79.1 cm³/mol. The maximum Gasteiger partial charge on any atom is 0.408 e. The van der Waals surface area contributed by atoms with Crippen molar-refractivity contribution in [2.75, 3.05) is 0 Å². The number of hydrogen-bond donors (Lipinski definition) is 2. The molecule has 0 bridgehead atoms. The third-order valence-corrected chi connectivity index (χ3v) is 2.94. The highest BCUT2D eigenvalue weighted by Crippen LogP contribution is 2.03. The summed E-state index contributed by atoms with van der Waals surface area (Å²) in [7, 11) is 0. The summed E-state index contributed by atoms with van der Waals surface area (Å²) in [5, 5.41) is 11.5. The van der Waals surface area contributed by atoms with E-state index in [-0.39, 0.29) is 13.0 Å². The zero-order chi connectivity index (χ0) is 15.8. The molecule has 1 aromatic heterocycles. The molecular weight excluding hydrogens is 284 g/mol. The molecule has 0 saturated heterocycles. The van der Waals surface area contributed by atoms with Crippen molar-refractivity contribution in [3.05, 3.63) is 66.0 Å². The fraction of sp³-hybridized carbons (Fsp3) is 0.188. The normalized spacial score (nSPS) is 11.5. The molecule has 0 aliphatic rings. The Balaban J connectivity index is 1.88. The Morgan fingerprint density at radius 2 is 1.86 bits per heavy atom. The van der Waals surface area contributed by atoms with Gasteiger partial charge in [-0.25, -0.2) is 9.59 Å². The number of carboxylic acids is 1. The van der Waals surface area contributed by atoms with Crippen molar-refractivity contribution >= 4 is 12.1 Å². The van der Waals surface area contributed by atoms with Crippen molar-refractivity contribution < 1.29 is 19.4 Å². The molecule has 2 aromatic rings. The number of pyridine rings is 1. The van der Waals surface area contributed by atoms with Gasteiger partial charge in [-0.05, 0) is 17.7 Å². The molecule has 6 nitrogen and oxygen atoms in total. The van der Waals surface area contributed by atoms with Gasteiger partial charge in [-0.2, -0.15) is 0 Å². The molecule has 22 heavy (non-hydrogen) atoms. The summed E-state index contributed by atoms with van der Waals surface area (Å²) >= 11 is 0. The topological polar surface area (TPSA) is 88.5 Å². The van der Waals surface area contributed by atoms with E-state index in [1.807, 2.05) is 30.3 Å². The lowest BCUT2D eigenvalue weighted by atomic mass is 10.1. The summed E-state index contributed by atoms with van der Waals surface area (Å²) in [4.78, 5) is 27.0. The van der Waals surface area contributed by atoms with Gasteiger partial charge in [0.05, 0.1) is 0 Å². The summed E-state index contributed by atoms with van der Waals surface area (Å²) < 4.78 is 5.01. The van der Waals surface area contributed by atoms with Crippen molar-refractivity contribution in [1.82, 2.24) is 10.3 Å². The van der Waals surface area contributed by atoms with Gasteiger partial charge in [-0.3, -0.25) is 4.98 Å². The van der Waals surface area contributed by atoms with Crippen molar-refractivity contribution in [2.45, 2.75) is 19.1 Å². The van der Waals surface area contributed by atoms with Gasteiger partial charge >= 0.3 is 12.1 Å². The van der Waals surface area contributed by atoms with E-state index in [1.54, 1.807) is 24.4 Å². The van der Waals surface area contributed by atoms with Crippen LogP contribution in [0.25, 0.3) is 0 Å². The van der Waals surface area contributed by atoms with E-state index in [1.165, 1.54) is 0 Å². The highest BCUT2D eigenvalue weighted by molar-refractivity contribution is 5.80. The van der Waals surface area contributed by atoms with Crippen LogP contribution in [-0.2, 0) is 22.6 Å². The quantitative estimate of drug-likeness (QED) is 0.852. The molecule has 2 N–H and O–H groups in total. The molecule has 0 aliphatic carbocycles. The summed E-state index contributed by atoms with van der Waals surface area (Å²) in [6, 6.07) is 13.3. The smallest absolute Gasteiger partial charge is 0.408 e. The zero-order valence-corrected chi connectivity index (χ0v) is 11.8. The van der Waals surface area contributed by atoms with Crippen molar-refractivity contribution in [3.8, 4) is 0 Å². The third-order valence-electron chi connectivity index (χ3n) is 2.94. The number of rotatable bonds is 6. The molecule has 1 atom stereocenters. The molecule has 0 fully saturated rings. The van der Waals surface area contributed by atoms with Gasteiger partial charge < -0.3 is 15.2 Å². The number of amides is 1. The highest BCUT2D eigenvalue weighted by Gasteiger charge is 2.21. The second-order valence-electron chi connectivity index (χ2n) is 4.62. The maximum atomic E-state index is 11.7. The Kier molecular flexibility index (Phi) is 5.48. The number of carbonyl (C=O) groups excluding carboxylic acids is 1. The third kappa shape index (κ3) is 4.90. The van der Waals surface area contributed by atoms with Crippen molar-refractivity contribution in [2.24, 2.45) is 0 Å². The van der Waals surface area contributed by atoms with Crippen LogP contribution in [0, 0.1) is 0 Å². The lowest BCUT2D eigenvalue weighted by molar-refractivity contribution is -0.139. The number of alkyl carbamates (subject to hydrolysis) is 1. The number of ether oxygens (including phenoxy) is 1. The Morgan fingerprint density at radius 1 is 1.14 bits per heavy atom. The molecule has 1 aromatic carbocycles. The number of nitrogens with zero attached hydrogens (tertiary/aromatic N) is 1. The van der Waals surface area contributed by atoms with Crippen LogP contribution >= 0.6 is 0 Å². The molecular formula is C16H16N2O4. The molecule has 0 saturated carbocycles. The van der Waals surface area contributed by atoms with Crippen LogP contribution in [0.4, 0.5) is 4.79 Å². The van der Waals surface area contributed by atoms with Gasteiger partial charge in [0.25, 0.3) is 0 Å². The average molecular weight is 300 g/mol. The van der Waals surface area contributed by atoms with Crippen molar-refractivity contribution in [3.63, 3.8) is 0 Å². The molecule has 1 amide bonds. The summed E-state index contributed by atoms with van der Waals surface area (Å²) in [6.07, 6.45) is 0.894. The second kappa shape index (κ2) is 7.78.